The number of carbonyl (C=O) groups excluding carboxylic acids is 1. The van der Waals surface area contributed by atoms with Gasteiger partial charge in [0.2, 0.25) is 5.13 Å². The number of anilines is 1. The molecule has 1 aliphatic rings. The van der Waals surface area contributed by atoms with Gasteiger partial charge in [0, 0.05) is 29.3 Å². The SMILES string of the molecule is COc1cnn(-c2cc(-c3cc(C(F)F)ncc3OC)c(C(=O)Nc3nnc(C#CC4CC4)s3)cn2)c(=O)c1. The minimum atomic E-state index is -2.88. The number of amides is 1. The highest BCUT2D eigenvalue weighted by Crippen LogP contribution is 2.35. The van der Waals surface area contributed by atoms with E-state index in [1.54, 1.807) is 0 Å². The van der Waals surface area contributed by atoms with Gasteiger partial charge in [0.15, 0.2) is 10.8 Å². The van der Waals surface area contributed by atoms with Crippen LogP contribution < -0.4 is 20.3 Å². The van der Waals surface area contributed by atoms with Gasteiger partial charge in [0.1, 0.15) is 17.2 Å². The second-order valence-electron chi connectivity index (χ2n) is 8.25. The van der Waals surface area contributed by atoms with Crippen LogP contribution in [0, 0.1) is 17.8 Å². The van der Waals surface area contributed by atoms with Crippen LogP contribution in [0.15, 0.2) is 41.6 Å². The number of rotatable bonds is 7. The minimum Gasteiger partial charge on any atom is -0.495 e. The first kappa shape index (κ1) is 25.9. The number of hydrogen-bond acceptors (Lipinski definition) is 10. The lowest BCUT2D eigenvalue weighted by atomic mass is 10.00. The molecule has 4 heterocycles. The van der Waals surface area contributed by atoms with Gasteiger partial charge in [0.25, 0.3) is 17.9 Å². The molecule has 0 unspecified atom stereocenters. The van der Waals surface area contributed by atoms with Crippen LogP contribution in [-0.4, -0.2) is 50.1 Å². The van der Waals surface area contributed by atoms with E-state index in [1.165, 1.54) is 38.7 Å². The third-order valence-corrected chi connectivity index (χ3v) is 6.34. The van der Waals surface area contributed by atoms with Crippen molar-refractivity contribution < 1.29 is 23.0 Å². The van der Waals surface area contributed by atoms with E-state index in [0.29, 0.717) is 10.9 Å². The zero-order valence-electron chi connectivity index (χ0n) is 20.5. The maximum atomic E-state index is 13.5. The van der Waals surface area contributed by atoms with Crippen molar-refractivity contribution in [3.8, 4) is 40.3 Å². The second-order valence-corrected chi connectivity index (χ2v) is 9.23. The van der Waals surface area contributed by atoms with Crippen LogP contribution in [0.25, 0.3) is 16.9 Å². The highest BCUT2D eigenvalue weighted by atomic mass is 32.1. The Morgan fingerprint density at radius 1 is 1.10 bits per heavy atom. The summed E-state index contributed by atoms with van der Waals surface area (Å²) >= 11 is 1.10. The van der Waals surface area contributed by atoms with Gasteiger partial charge < -0.3 is 9.47 Å². The molecule has 0 atom stereocenters. The molecule has 14 heteroatoms. The first-order valence-corrected chi connectivity index (χ1v) is 12.3. The summed E-state index contributed by atoms with van der Waals surface area (Å²) in [4.78, 5) is 33.9. The summed E-state index contributed by atoms with van der Waals surface area (Å²) in [5.41, 5.74) is -0.828. The van der Waals surface area contributed by atoms with E-state index in [2.05, 4.69) is 42.4 Å². The smallest absolute Gasteiger partial charge is 0.280 e. The zero-order chi connectivity index (χ0) is 27.5. The van der Waals surface area contributed by atoms with Gasteiger partial charge in [0.05, 0.1) is 32.2 Å². The molecule has 39 heavy (non-hydrogen) atoms. The number of alkyl halides is 2. The molecule has 4 aromatic heterocycles. The van der Waals surface area contributed by atoms with Crippen molar-refractivity contribution in [2.45, 2.75) is 19.3 Å². The molecule has 0 bridgehead atoms. The molecule has 0 saturated heterocycles. The van der Waals surface area contributed by atoms with E-state index >= 15 is 0 Å². The summed E-state index contributed by atoms with van der Waals surface area (Å²) in [7, 11) is 2.73. The number of halogens is 2. The Morgan fingerprint density at radius 2 is 1.92 bits per heavy atom. The van der Waals surface area contributed by atoms with E-state index in [9.17, 15) is 18.4 Å². The summed E-state index contributed by atoms with van der Waals surface area (Å²) in [6.45, 7) is 0. The number of nitrogens with zero attached hydrogens (tertiary/aromatic N) is 6. The third-order valence-electron chi connectivity index (χ3n) is 5.59. The fourth-order valence-corrected chi connectivity index (χ4v) is 4.07. The summed E-state index contributed by atoms with van der Waals surface area (Å²) in [6.07, 6.45) is 2.89. The van der Waals surface area contributed by atoms with E-state index in [0.717, 1.165) is 41.1 Å². The lowest BCUT2D eigenvalue weighted by molar-refractivity contribution is 0.102. The number of methoxy groups -OCH3 is 2. The van der Waals surface area contributed by atoms with Gasteiger partial charge in [-0.15, -0.1) is 10.2 Å². The first-order chi connectivity index (χ1) is 18.9. The van der Waals surface area contributed by atoms with Gasteiger partial charge in [-0.05, 0) is 30.9 Å². The minimum absolute atomic E-state index is 0.00848. The Bertz CT molecular complexity index is 1670. The Labute approximate surface area is 223 Å². The van der Waals surface area contributed by atoms with Gasteiger partial charge in [-0.25, -0.2) is 13.8 Å². The fraction of sp³-hybridized carbons (Fsp3) is 0.240. The lowest BCUT2D eigenvalue weighted by Crippen LogP contribution is -2.22. The van der Waals surface area contributed by atoms with Crippen molar-refractivity contribution in [1.29, 1.82) is 0 Å². The Kier molecular flexibility index (Phi) is 7.24. The van der Waals surface area contributed by atoms with Crippen molar-refractivity contribution in [1.82, 2.24) is 29.9 Å². The van der Waals surface area contributed by atoms with Gasteiger partial charge in [-0.1, -0.05) is 17.3 Å². The highest BCUT2D eigenvalue weighted by molar-refractivity contribution is 7.15. The number of ether oxygens (including phenoxy) is 2. The number of pyridine rings is 2. The summed E-state index contributed by atoms with van der Waals surface area (Å²) < 4.78 is 38.4. The average Bonchev–Trinajstić information content (AvgIpc) is 3.68. The van der Waals surface area contributed by atoms with Crippen LogP contribution >= 0.6 is 11.3 Å². The zero-order valence-corrected chi connectivity index (χ0v) is 21.3. The topological polar surface area (TPSA) is 134 Å². The molecule has 5 rings (SSSR count). The molecule has 0 radical (unpaired) electrons. The second kappa shape index (κ2) is 10.9. The standard InChI is InChI=1S/C25H19F2N7O4S/c1-37-14-7-22(35)34(30-10-14)20-9-15(16-8-18(23(26)27)28-12-19(16)38-2)17(11-29-20)24(36)31-25-33-32-21(39-25)6-5-13-3-4-13/h7-13,23H,3-4H2,1-2H3,(H,31,33,36). The number of hydrogen-bond donors (Lipinski definition) is 1. The average molecular weight is 552 g/mol. The maximum absolute atomic E-state index is 13.5. The molecule has 1 fully saturated rings. The van der Waals surface area contributed by atoms with Crippen LogP contribution in [-0.2, 0) is 0 Å². The Balaban J connectivity index is 1.58. The molecule has 1 aliphatic carbocycles. The third kappa shape index (κ3) is 5.73. The van der Waals surface area contributed by atoms with E-state index in [4.69, 9.17) is 9.47 Å². The van der Waals surface area contributed by atoms with Crippen molar-refractivity contribution in [3.63, 3.8) is 0 Å². The van der Waals surface area contributed by atoms with Crippen LogP contribution in [0.2, 0.25) is 0 Å². The van der Waals surface area contributed by atoms with Gasteiger partial charge in [-0.2, -0.15) is 9.78 Å². The van der Waals surface area contributed by atoms with Crippen molar-refractivity contribution in [3.05, 3.63) is 63.4 Å². The van der Waals surface area contributed by atoms with Gasteiger partial charge >= 0.3 is 0 Å². The first-order valence-electron chi connectivity index (χ1n) is 11.5. The van der Waals surface area contributed by atoms with Crippen LogP contribution in [0.5, 0.6) is 11.5 Å². The summed E-state index contributed by atoms with van der Waals surface area (Å²) in [5.74, 6) is 6.13. The molecule has 0 aromatic carbocycles. The summed E-state index contributed by atoms with van der Waals surface area (Å²) in [5, 5.41) is 15.3. The monoisotopic (exact) mass is 551 g/mol. The normalized spacial score (nSPS) is 12.5. The molecule has 1 N–H and O–H groups in total. The molecule has 0 spiro atoms. The van der Waals surface area contributed by atoms with Crippen LogP contribution in [0.3, 0.4) is 0 Å². The number of carbonyl (C=O) groups is 1. The van der Waals surface area contributed by atoms with E-state index in [-0.39, 0.29) is 39.1 Å². The highest BCUT2D eigenvalue weighted by Gasteiger charge is 2.23. The predicted molar refractivity (Wildman–Crippen MR) is 136 cm³/mol. The molecule has 11 nitrogen and oxygen atoms in total. The number of aromatic nitrogens is 6. The van der Waals surface area contributed by atoms with Crippen molar-refractivity contribution in [2.75, 3.05) is 19.5 Å². The molecule has 1 amide bonds. The van der Waals surface area contributed by atoms with Gasteiger partial charge in [-0.3, -0.25) is 19.9 Å². The number of nitrogens with one attached hydrogen (secondary N) is 1. The molecule has 0 aliphatic heterocycles. The van der Waals surface area contributed by atoms with Crippen LogP contribution in [0.1, 0.15) is 40.3 Å². The fourth-order valence-electron chi connectivity index (χ4n) is 3.47. The predicted octanol–water partition coefficient (Wildman–Crippen LogP) is 3.51. The maximum Gasteiger partial charge on any atom is 0.280 e. The Hall–Kier alpha value is -4.77. The van der Waals surface area contributed by atoms with Crippen molar-refractivity contribution >= 4 is 22.4 Å². The summed E-state index contributed by atoms with van der Waals surface area (Å²) in [6, 6.07) is 3.69. The molecular weight excluding hydrogens is 532 g/mol. The molecule has 4 aromatic rings. The molecule has 198 valence electrons. The molecular formula is C25H19F2N7O4S. The lowest BCUT2D eigenvalue weighted by Gasteiger charge is -2.15. The quantitative estimate of drug-likeness (QED) is 0.343. The largest absolute Gasteiger partial charge is 0.495 e. The van der Waals surface area contributed by atoms with E-state index < -0.39 is 23.6 Å². The van der Waals surface area contributed by atoms with Crippen LogP contribution in [0.4, 0.5) is 13.9 Å². The van der Waals surface area contributed by atoms with E-state index in [1.807, 2.05) is 0 Å². The van der Waals surface area contributed by atoms with Crippen molar-refractivity contribution in [2.24, 2.45) is 5.92 Å². The Morgan fingerprint density at radius 3 is 2.62 bits per heavy atom. The molecule has 1 saturated carbocycles.